The van der Waals surface area contributed by atoms with E-state index in [2.05, 4.69) is 15.4 Å². The number of hydrogen-bond donors (Lipinski definition) is 1. The maximum absolute atomic E-state index is 12.0. The van der Waals surface area contributed by atoms with Crippen LogP contribution in [0.2, 0.25) is 0 Å². The number of rotatable bonds is 4. The van der Waals surface area contributed by atoms with E-state index in [-0.39, 0.29) is 11.5 Å². The van der Waals surface area contributed by atoms with Gasteiger partial charge in [0.2, 0.25) is 0 Å². The quantitative estimate of drug-likeness (QED) is 0.922. The molecular weight excluding hydrogens is 300 g/mol. The molecule has 7 heteroatoms. The molecule has 0 saturated carbocycles. The molecule has 0 aromatic carbocycles. The number of aryl methyl sites for hydroxylation is 3. The second kappa shape index (κ2) is 6.39. The average Bonchev–Trinajstić information content (AvgIpc) is 2.94. The van der Waals surface area contributed by atoms with E-state index in [0.717, 1.165) is 41.9 Å². The number of amides is 1. The van der Waals surface area contributed by atoms with Crippen LogP contribution in [-0.4, -0.2) is 27.2 Å². The van der Waals surface area contributed by atoms with Crippen LogP contribution in [0.15, 0.2) is 16.2 Å². The van der Waals surface area contributed by atoms with Crippen LogP contribution in [0.25, 0.3) is 0 Å². The summed E-state index contributed by atoms with van der Waals surface area (Å²) in [5.74, 6) is -0.213. The molecule has 3 rings (SSSR count). The molecule has 0 radical (unpaired) electrons. The summed E-state index contributed by atoms with van der Waals surface area (Å²) in [4.78, 5) is 28.0. The maximum atomic E-state index is 12.0. The van der Waals surface area contributed by atoms with Crippen LogP contribution in [0.1, 0.15) is 39.6 Å². The first-order valence-corrected chi connectivity index (χ1v) is 8.32. The van der Waals surface area contributed by atoms with Gasteiger partial charge in [-0.3, -0.25) is 9.59 Å². The third kappa shape index (κ3) is 3.24. The van der Waals surface area contributed by atoms with Crippen LogP contribution in [0.4, 0.5) is 0 Å². The monoisotopic (exact) mass is 318 g/mol. The molecule has 0 spiro atoms. The highest BCUT2D eigenvalue weighted by Gasteiger charge is 2.13. The second-order valence-electron chi connectivity index (χ2n) is 5.39. The van der Waals surface area contributed by atoms with Crippen molar-refractivity contribution in [2.45, 2.75) is 39.2 Å². The van der Waals surface area contributed by atoms with Crippen molar-refractivity contribution in [1.82, 2.24) is 20.1 Å². The number of fused-ring (bicyclic) bond motifs is 1. The van der Waals surface area contributed by atoms with Crippen LogP contribution >= 0.6 is 11.3 Å². The van der Waals surface area contributed by atoms with Crippen LogP contribution in [0.3, 0.4) is 0 Å². The number of nitrogens with zero attached hydrogens (tertiary/aromatic N) is 3. The van der Waals surface area contributed by atoms with E-state index in [1.54, 1.807) is 11.4 Å². The number of carbonyl (C=O) groups is 1. The van der Waals surface area contributed by atoms with Crippen molar-refractivity contribution in [2.75, 3.05) is 6.54 Å². The number of carbonyl (C=O) groups excluding carboxylic acids is 1. The summed E-state index contributed by atoms with van der Waals surface area (Å²) >= 11 is 1.44. The summed E-state index contributed by atoms with van der Waals surface area (Å²) in [6.07, 6.45) is 4.12. The van der Waals surface area contributed by atoms with Gasteiger partial charge in [0.15, 0.2) is 0 Å². The standard InChI is InChI=1S/C15H18N4O2S/c1-10-17-13(9-22-10)15(21)16-6-7-19-14(20)8-11-4-2-3-5-12(11)18-19/h8-9H,2-7H2,1H3,(H,16,21). The molecule has 2 heterocycles. The minimum Gasteiger partial charge on any atom is -0.349 e. The van der Waals surface area contributed by atoms with E-state index in [0.29, 0.717) is 18.8 Å². The molecule has 0 fully saturated rings. The Labute approximate surface area is 132 Å². The highest BCUT2D eigenvalue weighted by molar-refractivity contribution is 7.09. The molecule has 0 unspecified atom stereocenters. The normalized spacial score (nSPS) is 13.7. The third-order valence-corrected chi connectivity index (χ3v) is 4.51. The second-order valence-corrected chi connectivity index (χ2v) is 6.45. The lowest BCUT2D eigenvalue weighted by Crippen LogP contribution is -2.33. The van der Waals surface area contributed by atoms with E-state index in [4.69, 9.17) is 0 Å². The molecule has 1 N–H and O–H groups in total. The fraction of sp³-hybridized carbons (Fsp3) is 0.467. The molecule has 22 heavy (non-hydrogen) atoms. The van der Waals surface area contributed by atoms with Gasteiger partial charge >= 0.3 is 0 Å². The summed E-state index contributed by atoms with van der Waals surface area (Å²) in [5, 5.41) is 9.79. The third-order valence-electron chi connectivity index (χ3n) is 3.73. The Balaban J connectivity index is 1.62. The van der Waals surface area contributed by atoms with Gasteiger partial charge < -0.3 is 5.32 Å². The molecule has 1 amide bonds. The van der Waals surface area contributed by atoms with Crippen molar-refractivity contribution in [3.8, 4) is 0 Å². The largest absolute Gasteiger partial charge is 0.349 e. The molecule has 2 aromatic heterocycles. The molecule has 0 bridgehead atoms. The lowest BCUT2D eigenvalue weighted by Gasteiger charge is -2.15. The molecule has 0 aliphatic heterocycles. The predicted molar refractivity (Wildman–Crippen MR) is 84.3 cm³/mol. The summed E-state index contributed by atoms with van der Waals surface area (Å²) in [6, 6.07) is 1.69. The van der Waals surface area contributed by atoms with Gasteiger partial charge in [-0.1, -0.05) is 0 Å². The Hall–Kier alpha value is -2.02. The first-order valence-electron chi connectivity index (χ1n) is 7.44. The van der Waals surface area contributed by atoms with Gasteiger partial charge in [-0.2, -0.15) is 5.10 Å². The number of nitrogens with one attached hydrogen (secondary N) is 1. The van der Waals surface area contributed by atoms with Crippen LogP contribution in [0.5, 0.6) is 0 Å². The Bertz CT molecular complexity index is 750. The molecule has 6 nitrogen and oxygen atoms in total. The van der Waals surface area contributed by atoms with E-state index < -0.39 is 0 Å². The van der Waals surface area contributed by atoms with Gasteiger partial charge in [0.25, 0.3) is 11.5 Å². The number of thiazole rings is 1. The zero-order valence-corrected chi connectivity index (χ0v) is 13.3. The van der Waals surface area contributed by atoms with Crippen LogP contribution in [-0.2, 0) is 19.4 Å². The lowest BCUT2D eigenvalue weighted by atomic mass is 9.97. The first-order chi connectivity index (χ1) is 10.6. The summed E-state index contributed by atoms with van der Waals surface area (Å²) in [6.45, 7) is 2.60. The summed E-state index contributed by atoms with van der Waals surface area (Å²) in [5.41, 5.74) is 2.43. The summed E-state index contributed by atoms with van der Waals surface area (Å²) in [7, 11) is 0. The van der Waals surface area contributed by atoms with Crippen molar-refractivity contribution in [3.05, 3.63) is 43.8 Å². The first kappa shape index (κ1) is 14.9. The number of hydrogen-bond acceptors (Lipinski definition) is 5. The zero-order chi connectivity index (χ0) is 15.5. The van der Waals surface area contributed by atoms with E-state index in [1.807, 2.05) is 6.92 Å². The maximum Gasteiger partial charge on any atom is 0.270 e. The average molecular weight is 318 g/mol. The van der Waals surface area contributed by atoms with Gasteiger partial charge in [0.1, 0.15) is 5.69 Å². The molecular formula is C15H18N4O2S. The van der Waals surface area contributed by atoms with Gasteiger partial charge in [-0.15, -0.1) is 11.3 Å². The van der Waals surface area contributed by atoms with Crippen molar-refractivity contribution in [1.29, 1.82) is 0 Å². The molecule has 0 saturated heterocycles. The van der Waals surface area contributed by atoms with E-state index in [1.165, 1.54) is 16.0 Å². The number of aromatic nitrogens is 3. The Morgan fingerprint density at radius 3 is 3.00 bits per heavy atom. The van der Waals surface area contributed by atoms with Gasteiger partial charge in [0.05, 0.1) is 17.2 Å². The predicted octanol–water partition coefficient (Wildman–Crippen LogP) is 1.32. The van der Waals surface area contributed by atoms with Crippen molar-refractivity contribution in [3.63, 3.8) is 0 Å². The minimum atomic E-state index is -0.213. The molecule has 0 atom stereocenters. The van der Waals surface area contributed by atoms with Crippen LogP contribution in [0, 0.1) is 6.92 Å². The topological polar surface area (TPSA) is 76.9 Å². The molecule has 1 aliphatic carbocycles. The van der Waals surface area contributed by atoms with Gasteiger partial charge in [-0.25, -0.2) is 9.67 Å². The minimum absolute atomic E-state index is 0.0978. The lowest BCUT2D eigenvalue weighted by molar-refractivity contribution is 0.0947. The fourth-order valence-corrected chi connectivity index (χ4v) is 3.19. The van der Waals surface area contributed by atoms with Crippen molar-refractivity contribution >= 4 is 17.2 Å². The fourth-order valence-electron chi connectivity index (χ4n) is 2.59. The van der Waals surface area contributed by atoms with Crippen LogP contribution < -0.4 is 10.9 Å². The highest BCUT2D eigenvalue weighted by atomic mass is 32.1. The molecule has 116 valence electrons. The SMILES string of the molecule is Cc1nc(C(=O)NCCn2nc3c(cc2=O)CCCC3)cs1. The van der Waals surface area contributed by atoms with Gasteiger partial charge in [-0.05, 0) is 38.2 Å². The Kier molecular flexibility index (Phi) is 4.33. The Morgan fingerprint density at radius 2 is 2.23 bits per heavy atom. The van der Waals surface area contributed by atoms with Crippen molar-refractivity contribution in [2.24, 2.45) is 0 Å². The highest BCUT2D eigenvalue weighted by Crippen LogP contribution is 2.16. The molecule has 1 aliphatic rings. The van der Waals surface area contributed by atoms with Gasteiger partial charge in [0, 0.05) is 18.0 Å². The van der Waals surface area contributed by atoms with E-state index >= 15 is 0 Å². The molecule has 2 aromatic rings. The van der Waals surface area contributed by atoms with Crippen molar-refractivity contribution < 1.29 is 4.79 Å². The van der Waals surface area contributed by atoms with E-state index in [9.17, 15) is 9.59 Å². The smallest absolute Gasteiger partial charge is 0.270 e. The zero-order valence-electron chi connectivity index (χ0n) is 12.5. The summed E-state index contributed by atoms with van der Waals surface area (Å²) < 4.78 is 1.44. The Morgan fingerprint density at radius 1 is 1.41 bits per heavy atom.